The second kappa shape index (κ2) is 10.1. The van der Waals surface area contributed by atoms with E-state index in [9.17, 15) is 19.2 Å². The van der Waals surface area contributed by atoms with Gasteiger partial charge in [0.1, 0.15) is 23.0 Å². The van der Waals surface area contributed by atoms with Crippen molar-refractivity contribution in [1.82, 2.24) is 9.80 Å². The van der Waals surface area contributed by atoms with Crippen molar-refractivity contribution in [2.45, 2.75) is 27.7 Å². The molecule has 0 aliphatic rings. The zero-order valence-electron chi connectivity index (χ0n) is 15.7. The van der Waals surface area contributed by atoms with Gasteiger partial charge in [0, 0.05) is 26.2 Å². The van der Waals surface area contributed by atoms with Gasteiger partial charge in [-0.05, 0) is 38.8 Å². The van der Waals surface area contributed by atoms with Crippen LogP contribution < -0.4 is 0 Å². The van der Waals surface area contributed by atoms with Crippen LogP contribution in [0.1, 0.15) is 38.8 Å². The lowest BCUT2D eigenvalue weighted by molar-refractivity contribution is -0.125. The molecule has 0 spiro atoms. The number of carbonyl (C=O) groups is 2. The van der Waals surface area contributed by atoms with Crippen molar-refractivity contribution in [2.75, 3.05) is 26.2 Å². The Morgan fingerprint density at radius 1 is 0.692 bits per heavy atom. The number of hydrogen-bond acceptors (Lipinski definition) is 4. The molecule has 0 aliphatic heterocycles. The minimum absolute atomic E-state index is 0.0769. The Labute approximate surface area is 153 Å². The zero-order valence-corrected chi connectivity index (χ0v) is 15.7. The van der Waals surface area contributed by atoms with Crippen molar-refractivity contribution in [2.24, 2.45) is 0 Å². The van der Waals surface area contributed by atoms with Gasteiger partial charge in [0.05, 0.1) is 0 Å². The standard InChI is InChI=1S/C20H24N2O4/c1-5-21(6-2)19(25)17(13-23)15-9-11-16(12-10-15)18(14-24)20(26)22(7-3)8-4/h9-12H,5-8H2,1-4H3. The Morgan fingerprint density at radius 2 is 0.962 bits per heavy atom. The quantitative estimate of drug-likeness (QED) is 0.526. The summed E-state index contributed by atoms with van der Waals surface area (Å²) in [5.41, 5.74) is 0.626. The summed E-state index contributed by atoms with van der Waals surface area (Å²) in [6, 6.07) is 6.13. The van der Waals surface area contributed by atoms with Gasteiger partial charge in [-0.25, -0.2) is 9.59 Å². The van der Waals surface area contributed by atoms with E-state index in [1.54, 1.807) is 11.9 Å². The number of hydrogen-bond donors (Lipinski definition) is 0. The molecular formula is C20H24N2O4. The monoisotopic (exact) mass is 356 g/mol. The van der Waals surface area contributed by atoms with Gasteiger partial charge < -0.3 is 9.80 Å². The molecule has 0 fully saturated rings. The molecule has 0 saturated carbocycles. The minimum Gasteiger partial charge on any atom is -0.339 e. The smallest absolute Gasteiger partial charge is 0.265 e. The molecule has 26 heavy (non-hydrogen) atoms. The molecule has 0 radical (unpaired) electrons. The van der Waals surface area contributed by atoms with Gasteiger partial charge in [0.2, 0.25) is 0 Å². The van der Waals surface area contributed by atoms with Crippen LogP contribution in [0.5, 0.6) is 0 Å². The third-order valence-corrected chi connectivity index (χ3v) is 4.20. The fourth-order valence-electron chi connectivity index (χ4n) is 2.59. The summed E-state index contributed by atoms with van der Waals surface area (Å²) in [4.78, 5) is 50.4. The maximum absolute atomic E-state index is 12.4. The van der Waals surface area contributed by atoms with Gasteiger partial charge >= 0.3 is 0 Å². The maximum atomic E-state index is 12.4. The van der Waals surface area contributed by atoms with Crippen molar-refractivity contribution in [1.29, 1.82) is 0 Å². The van der Waals surface area contributed by atoms with E-state index in [0.717, 1.165) is 0 Å². The number of benzene rings is 1. The summed E-state index contributed by atoms with van der Waals surface area (Å²) in [6.45, 7) is 9.23. The Kier molecular flexibility index (Phi) is 8.23. The van der Waals surface area contributed by atoms with Crippen LogP contribution in [-0.2, 0) is 19.2 Å². The van der Waals surface area contributed by atoms with E-state index in [1.165, 1.54) is 34.1 Å². The average Bonchev–Trinajstić information content (AvgIpc) is 2.66. The predicted molar refractivity (Wildman–Crippen MR) is 100 cm³/mol. The van der Waals surface area contributed by atoms with Gasteiger partial charge in [-0.1, -0.05) is 24.3 Å². The summed E-state index contributed by atoms with van der Waals surface area (Å²) in [7, 11) is 0. The summed E-state index contributed by atoms with van der Waals surface area (Å²) in [5.74, 6) is 2.61. The summed E-state index contributed by atoms with van der Waals surface area (Å²) in [5, 5.41) is 0. The highest BCUT2D eigenvalue weighted by molar-refractivity contribution is 6.28. The molecule has 6 heteroatoms. The highest BCUT2D eigenvalue weighted by Crippen LogP contribution is 2.20. The molecule has 1 aromatic carbocycles. The van der Waals surface area contributed by atoms with Gasteiger partial charge in [-0.2, -0.15) is 0 Å². The third kappa shape index (κ3) is 4.57. The van der Waals surface area contributed by atoms with Crippen LogP contribution in [0.25, 0.3) is 11.1 Å². The molecule has 0 aromatic heterocycles. The zero-order chi connectivity index (χ0) is 19.7. The van der Waals surface area contributed by atoms with Crippen molar-refractivity contribution in [3.05, 3.63) is 35.4 Å². The topological polar surface area (TPSA) is 74.8 Å². The van der Waals surface area contributed by atoms with E-state index >= 15 is 0 Å². The first-order valence-corrected chi connectivity index (χ1v) is 8.68. The number of rotatable bonds is 8. The number of amides is 2. The van der Waals surface area contributed by atoms with Crippen LogP contribution in [0.4, 0.5) is 0 Å². The van der Waals surface area contributed by atoms with Crippen molar-refractivity contribution < 1.29 is 19.2 Å². The van der Waals surface area contributed by atoms with E-state index < -0.39 is 11.8 Å². The van der Waals surface area contributed by atoms with Crippen molar-refractivity contribution >= 4 is 34.8 Å². The van der Waals surface area contributed by atoms with Crippen LogP contribution >= 0.6 is 0 Å². The fourth-order valence-corrected chi connectivity index (χ4v) is 2.59. The largest absolute Gasteiger partial charge is 0.339 e. The Morgan fingerprint density at radius 3 is 1.15 bits per heavy atom. The fraction of sp³-hybridized carbons (Fsp3) is 0.400. The van der Waals surface area contributed by atoms with E-state index in [1.807, 2.05) is 27.7 Å². The Balaban J connectivity index is 3.18. The second-order valence-electron chi connectivity index (χ2n) is 5.49. The first-order chi connectivity index (χ1) is 12.5. The normalized spacial score (nSPS) is 9.69. The van der Waals surface area contributed by atoms with Gasteiger partial charge in [-0.3, -0.25) is 9.59 Å². The molecule has 0 aliphatic carbocycles. The average molecular weight is 356 g/mol. The number of carbonyl (C=O) groups excluding carboxylic acids is 4. The molecule has 0 saturated heterocycles. The van der Waals surface area contributed by atoms with Crippen LogP contribution in [0.15, 0.2) is 24.3 Å². The molecule has 1 rings (SSSR count). The maximum Gasteiger partial charge on any atom is 0.265 e. The molecule has 0 bridgehead atoms. The highest BCUT2D eigenvalue weighted by Gasteiger charge is 2.21. The molecule has 0 atom stereocenters. The van der Waals surface area contributed by atoms with Crippen LogP contribution in [-0.4, -0.2) is 59.7 Å². The van der Waals surface area contributed by atoms with Gasteiger partial charge in [0.15, 0.2) is 0 Å². The first kappa shape index (κ1) is 21.1. The molecule has 2 amide bonds. The molecule has 138 valence electrons. The third-order valence-electron chi connectivity index (χ3n) is 4.20. The van der Waals surface area contributed by atoms with Crippen LogP contribution in [0.3, 0.4) is 0 Å². The SMILES string of the molecule is CCN(CC)C(=O)C(=C=O)c1ccc(C(=C=O)C(=O)N(CC)CC)cc1. The molecule has 0 unspecified atom stereocenters. The molecule has 6 nitrogen and oxygen atoms in total. The summed E-state index contributed by atoms with van der Waals surface area (Å²) in [6.07, 6.45) is 0. The Hall–Kier alpha value is -2.94. The van der Waals surface area contributed by atoms with E-state index in [2.05, 4.69) is 0 Å². The van der Waals surface area contributed by atoms with Crippen LogP contribution in [0, 0.1) is 0 Å². The summed E-state index contributed by atoms with van der Waals surface area (Å²) < 4.78 is 0. The minimum atomic E-state index is -0.400. The van der Waals surface area contributed by atoms with E-state index in [4.69, 9.17) is 0 Å². The van der Waals surface area contributed by atoms with E-state index in [0.29, 0.717) is 37.3 Å². The predicted octanol–water partition coefficient (Wildman–Crippen LogP) is 1.85. The summed E-state index contributed by atoms with van der Waals surface area (Å²) >= 11 is 0. The van der Waals surface area contributed by atoms with Crippen molar-refractivity contribution in [3.8, 4) is 0 Å². The molecule has 1 aromatic rings. The molecule has 0 N–H and O–H groups in total. The Bertz CT molecular complexity index is 682. The first-order valence-electron chi connectivity index (χ1n) is 8.68. The molecule has 0 heterocycles. The van der Waals surface area contributed by atoms with Gasteiger partial charge in [-0.15, -0.1) is 0 Å². The second-order valence-corrected chi connectivity index (χ2v) is 5.49. The van der Waals surface area contributed by atoms with Crippen LogP contribution in [0.2, 0.25) is 0 Å². The number of nitrogens with zero attached hydrogens (tertiary/aromatic N) is 2. The highest BCUT2D eigenvalue weighted by atomic mass is 16.2. The lowest BCUT2D eigenvalue weighted by Crippen LogP contribution is -2.31. The molecular weight excluding hydrogens is 332 g/mol. The number of likely N-dealkylation sites (N-methyl/N-ethyl adjacent to an activating group) is 2. The lowest BCUT2D eigenvalue weighted by Gasteiger charge is -2.20. The lowest BCUT2D eigenvalue weighted by atomic mass is 10.00. The van der Waals surface area contributed by atoms with E-state index in [-0.39, 0.29) is 11.1 Å². The van der Waals surface area contributed by atoms with Crippen molar-refractivity contribution in [3.63, 3.8) is 0 Å². The van der Waals surface area contributed by atoms with Gasteiger partial charge in [0.25, 0.3) is 11.8 Å².